The van der Waals surface area contributed by atoms with Crippen LogP contribution in [-0.4, -0.2) is 15.0 Å². The van der Waals surface area contributed by atoms with Gasteiger partial charge in [-0.15, -0.1) is 53.6 Å². The number of nitrogens with zero attached hydrogens (tertiary/aromatic N) is 3. The summed E-state index contributed by atoms with van der Waals surface area (Å²) in [5.74, 6) is -0.0104. The molecule has 4 heterocycles. The van der Waals surface area contributed by atoms with Crippen molar-refractivity contribution >= 4 is 22.1 Å². The summed E-state index contributed by atoms with van der Waals surface area (Å²) < 4.78 is 105. The third-order valence-corrected chi connectivity index (χ3v) is 10.7. The fourth-order valence-electron chi connectivity index (χ4n) is 8.08. The van der Waals surface area contributed by atoms with E-state index in [-0.39, 0.29) is 54.1 Å². The first-order chi connectivity index (χ1) is 31.0. The van der Waals surface area contributed by atoms with Gasteiger partial charge in [-0.05, 0) is 127 Å². The number of rotatable bonds is 6. The first kappa shape index (κ1) is 28.7. The van der Waals surface area contributed by atoms with E-state index in [4.69, 9.17) is 20.9 Å². The second-order valence-electron chi connectivity index (χ2n) is 17.5. The zero-order chi connectivity index (χ0) is 49.2. The van der Waals surface area contributed by atoms with Gasteiger partial charge in [0.2, 0.25) is 5.71 Å². The van der Waals surface area contributed by atoms with Crippen LogP contribution in [0.4, 0.5) is 0 Å². The Kier molecular flexibility index (Phi) is 8.94. The quantitative estimate of drug-likeness (QED) is 0.156. The Bertz CT molecular complexity index is 2720. The third-order valence-electron chi connectivity index (χ3n) is 10.7. The number of pyridine rings is 3. The van der Waals surface area contributed by atoms with Crippen LogP contribution in [0.15, 0.2) is 77.5 Å². The Labute approximate surface area is 367 Å². The van der Waals surface area contributed by atoms with Gasteiger partial charge in [0.05, 0.1) is 5.58 Å². The second kappa shape index (κ2) is 17.5. The molecule has 4 nitrogen and oxygen atoms in total. The molecule has 0 bridgehead atoms. The molecule has 5 heteroatoms. The normalized spacial score (nSPS) is 20.5. The first-order valence-electron chi connectivity index (χ1n) is 25.7. The molecule has 0 atom stereocenters. The first-order valence-corrected chi connectivity index (χ1v) is 19.7. The van der Waals surface area contributed by atoms with Crippen LogP contribution in [0.1, 0.15) is 144 Å². The van der Waals surface area contributed by atoms with Gasteiger partial charge < -0.3 is 14.4 Å². The summed E-state index contributed by atoms with van der Waals surface area (Å²) in [5, 5.41) is 1.53. The summed E-state index contributed by atoms with van der Waals surface area (Å²) in [6, 6.07) is 22.7. The van der Waals surface area contributed by atoms with Crippen molar-refractivity contribution in [2.75, 3.05) is 0 Å². The summed E-state index contributed by atoms with van der Waals surface area (Å²) in [6.07, 6.45) is 8.68. The number of hydrogen-bond acceptors (Lipinski definition) is 4. The fraction of sp³-hybridized carbons (Fsp3) is 0.471. The number of hydrogen-bond donors (Lipinski definition) is 0. The summed E-state index contributed by atoms with van der Waals surface area (Å²) in [4.78, 5) is 13.2. The van der Waals surface area contributed by atoms with Crippen molar-refractivity contribution in [2.24, 2.45) is 22.2 Å². The number of benzene rings is 2. The summed E-state index contributed by atoms with van der Waals surface area (Å²) in [6.45, 7) is 6.11. The van der Waals surface area contributed by atoms with Crippen LogP contribution in [0.5, 0.6) is 0 Å². The average molecular weight is 936 g/mol. The molecule has 0 unspecified atom stereocenters. The molecule has 56 heavy (non-hydrogen) atoms. The minimum absolute atomic E-state index is 0. The molecule has 6 aromatic rings. The van der Waals surface area contributed by atoms with E-state index in [1.807, 2.05) is 12.1 Å². The number of fused-ring (bicyclic) bond motifs is 3. The number of furan rings is 1. The number of aryl methyl sites for hydroxylation is 2. The predicted octanol–water partition coefficient (Wildman–Crippen LogP) is 13.9. The van der Waals surface area contributed by atoms with Crippen molar-refractivity contribution < 1.29 is 41.0 Å². The van der Waals surface area contributed by atoms with E-state index in [9.17, 15) is 0 Å². The van der Waals surface area contributed by atoms with E-state index in [2.05, 4.69) is 27.1 Å². The average Bonchev–Trinajstić information content (AvgIpc) is 3.64. The van der Waals surface area contributed by atoms with E-state index in [0.29, 0.717) is 39.1 Å². The monoisotopic (exact) mass is 937 g/mol. The zero-order valence-electron chi connectivity index (χ0n) is 45.5. The standard InChI is InChI=1S/C29H31N2O.C22H30N.Ir/c1-20-8-9-24-23-6-5-7-25(27(23)32-28(24)31-20)26-19-22(12-17-30-26)18-21-10-15-29(16-11-21)13-3-2-4-14-29;1-16-8-10-17(11-9-16)20-12-18(13-21(2,3)4)19(15-23-20)14-22(5,6)7;/h5-6,8-9,12,17,19,21H,2-4,10-11,13-16,18H2,1H3;8-10,12,15H,13-14H2,1-7H3;/q2*-1;/i1D3,18D2;1D3,13D2,14D2;. The van der Waals surface area contributed by atoms with Crippen LogP contribution in [0.3, 0.4) is 0 Å². The minimum atomic E-state index is -2.32. The van der Waals surface area contributed by atoms with Crippen molar-refractivity contribution in [1.82, 2.24) is 15.0 Å². The second-order valence-corrected chi connectivity index (χ2v) is 17.5. The Hall–Kier alpha value is -3.66. The van der Waals surface area contributed by atoms with Gasteiger partial charge in [0.1, 0.15) is 0 Å². The van der Waals surface area contributed by atoms with Gasteiger partial charge in [0.15, 0.2) is 0 Å². The van der Waals surface area contributed by atoms with Gasteiger partial charge in [0.25, 0.3) is 0 Å². The molecule has 8 rings (SSSR count). The molecule has 0 amide bonds. The van der Waals surface area contributed by atoms with E-state index in [0.717, 1.165) is 36.5 Å². The molecule has 2 saturated carbocycles. The van der Waals surface area contributed by atoms with Crippen LogP contribution < -0.4 is 0 Å². The molecule has 0 aliphatic heterocycles. The van der Waals surface area contributed by atoms with Crippen molar-refractivity contribution in [3.8, 4) is 22.5 Å². The SMILES string of the molecule is [2H]C([2H])([2H])c1c[c-]c(-c2cc(C([2H])([2H])C(C)(C)C)c(C([2H])([2H])C(C)(C)C)cn2)cc1.[2H]C([2H])([2H])c1ccc2c(n1)oc1c(-c3cc(C([2H])([2H])C4CCC5(CCCCC5)CC4)ccn3)[c-]ccc12.[Ir]. The van der Waals surface area contributed by atoms with Gasteiger partial charge in [-0.3, -0.25) is 0 Å². The maximum absolute atomic E-state index is 9.10. The molecule has 1 radical (unpaired) electrons. The van der Waals surface area contributed by atoms with Crippen LogP contribution in [0.2, 0.25) is 0 Å². The molecular formula is C51H61IrN3O-2. The van der Waals surface area contributed by atoms with Gasteiger partial charge in [0, 0.05) is 60.0 Å². The number of aromatic nitrogens is 3. The Morgan fingerprint density at radius 1 is 0.804 bits per heavy atom. The summed E-state index contributed by atoms with van der Waals surface area (Å²) in [7, 11) is 0. The Morgan fingerprint density at radius 3 is 2.27 bits per heavy atom. The molecule has 1 spiro atoms. The van der Waals surface area contributed by atoms with Gasteiger partial charge in [-0.2, -0.15) is 0 Å². The molecular weight excluding hydrogens is 863 g/mol. The molecule has 2 aliphatic carbocycles. The van der Waals surface area contributed by atoms with Gasteiger partial charge in [-0.1, -0.05) is 96.3 Å². The molecule has 4 aromatic heterocycles. The zero-order valence-corrected chi connectivity index (χ0v) is 35.8. The van der Waals surface area contributed by atoms with Crippen LogP contribution in [0, 0.1) is 48.0 Å². The summed E-state index contributed by atoms with van der Waals surface area (Å²) in [5.41, 5.74) is 3.07. The van der Waals surface area contributed by atoms with Gasteiger partial charge in [-0.25, -0.2) is 4.98 Å². The molecule has 297 valence electrons. The molecule has 2 aromatic carbocycles. The fourth-order valence-corrected chi connectivity index (χ4v) is 8.08. The summed E-state index contributed by atoms with van der Waals surface area (Å²) >= 11 is 0. The van der Waals surface area contributed by atoms with Crippen LogP contribution >= 0.6 is 0 Å². The molecule has 2 fully saturated rings. The third kappa shape index (κ3) is 10.4. The molecule has 2 aliphatic rings. The molecule has 0 N–H and O–H groups in total. The largest absolute Gasteiger partial charge is 0.486 e. The topological polar surface area (TPSA) is 51.8 Å². The molecule has 0 saturated heterocycles. The maximum atomic E-state index is 9.10. The predicted molar refractivity (Wildman–Crippen MR) is 229 cm³/mol. The van der Waals surface area contributed by atoms with E-state index in [1.165, 1.54) is 56.5 Å². The van der Waals surface area contributed by atoms with Crippen molar-refractivity contribution in [3.05, 3.63) is 113 Å². The Morgan fingerprint density at radius 2 is 1.57 bits per heavy atom. The Balaban J connectivity index is 0.000000226. The van der Waals surface area contributed by atoms with E-state index < -0.39 is 43.7 Å². The van der Waals surface area contributed by atoms with Crippen molar-refractivity contribution in [2.45, 2.75) is 132 Å². The van der Waals surface area contributed by atoms with Crippen LogP contribution in [-0.2, 0) is 39.2 Å². The minimum Gasteiger partial charge on any atom is -0.486 e. The smallest absolute Gasteiger partial charge is 0.216 e. The van der Waals surface area contributed by atoms with Crippen molar-refractivity contribution in [3.63, 3.8) is 0 Å². The van der Waals surface area contributed by atoms with Crippen molar-refractivity contribution in [1.29, 1.82) is 0 Å². The van der Waals surface area contributed by atoms with E-state index >= 15 is 0 Å². The van der Waals surface area contributed by atoms with Crippen LogP contribution in [0.25, 0.3) is 44.6 Å². The maximum Gasteiger partial charge on any atom is 0.216 e. The van der Waals surface area contributed by atoms with Gasteiger partial charge >= 0.3 is 0 Å². The van der Waals surface area contributed by atoms with E-state index in [1.54, 1.807) is 78.1 Å².